The van der Waals surface area contributed by atoms with Gasteiger partial charge in [0.15, 0.2) is 11.8 Å². The summed E-state index contributed by atoms with van der Waals surface area (Å²) < 4.78 is 27.0. The average Bonchev–Trinajstić information content (AvgIpc) is 3.58. The number of benzene rings is 1. The van der Waals surface area contributed by atoms with Crippen LogP contribution in [0.1, 0.15) is 17.4 Å². The Kier molecular flexibility index (Phi) is 7.96. The van der Waals surface area contributed by atoms with Crippen LogP contribution in [0.15, 0.2) is 43.0 Å². The first-order chi connectivity index (χ1) is 19.7. The first-order valence-electron chi connectivity index (χ1n) is 13.0. The van der Waals surface area contributed by atoms with Crippen LogP contribution in [-0.4, -0.2) is 101 Å². The lowest BCUT2D eigenvalue weighted by Gasteiger charge is -2.36. The second-order valence-corrected chi connectivity index (χ2v) is 9.69. The van der Waals surface area contributed by atoms with E-state index in [1.54, 1.807) is 40.0 Å². The monoisotopic (exact) mass is 568 g/mol. The minimum Gasteiger partial charge on any atom is -0.461 e. The van der Waals surface area contributed by atoms with Crippen molar-refractivity contribution in [3.63, 3.8) is 0 Å². The number of amides is 3. The molecular weight excluding hydrogens is 539 g/mol. The van der Waals surface area contributed by atoms with Crippen molar-refractivity contribution in [3.05, 3.63) is 54.5 Å². The van der Waals surface area contributed by atoms with Gasteiger partial charge in [-0.2, -0.15) is 0 Å². The van der Waals surface area contributed by atoms with E-state index in [1.807, 2.05) is 4.90 Å². The Morgan fingerprint density at radius 2 is 2.02 bits per heavy atom. The summed E-state index contributed by atoms with van der Waals surface area (Å²) in [6.45, 7) is 2.70. The predicted molar refractivity (Wildman–Crippen MR) is 143 cm³/mol. The zero-order valence-corrected chi connectivity index (χ0v) is 22.2. The molecule has 5 rings (SSSR count). The Hall–Kier alpha value is -4.79. The number of carbonyl (C=O) groups is 4. The number of nitrogens with two attached hydrogens (primary N) is 1. The number of imidazole rings is 1. The van der Waals surface area contributed by atoms with Crippen LogP contribution >= 0.6 is 0 Å². The summed E-state index contributed by atoms with van der Waals surface area (Å²) in [4.78, 5) is 61.8. The fourth-order valence-electron chi connectivity index (χ4n) is 4.55. The normalized spacial score (nSPS) is 17.9. The number of nitrogens with one attached hydrogen (secondary N) is 1. The van der Waals surface area contributed by atoms with E-state index < -0.39 is 35.9 Å². The Morgan fingerprint density at radius 1 is 1.24 bits per heavy atom. The largest absolute Gasteiger partial charge is 0.461 e. The number of carbonyl (C=O) groups excluding carboxylic acids is 4. The smallest absolute Gasteiger partial charge is 0.414 e. The van der Waals surface area contributed by atoms with Crippen LogP contribution in [0.3, 0.4) is 0 Å². The van der Waals surface area contributed by atoms with Gasteiger partial charge in [0.2, 0.25) is 5.91 Å². The van der Waals surface area contributed by atoms with Crippen LogP contribution in [0.5, 0.6) is 0 Å². The number of hydrogen-bond donors (Lipinski definition) is 2. The van der Waals surface area contributed by atoms with E-state index in [4.69, 9.17) is 15.2 Å². The highest BCUT2D eigenvalue weighted by molar-refractivity contribution is 5.95. The lowest BCUT2D eigenvalue weighted by molar-refractivity contribution is -0.147. The molecule has 0 radical (unpaired) electrons. The quantitative estimate of drug-likeness (QED) is 0.358. The van der Waals surface area contributed by atoms with E-state index in [2.05, 4.69) is 15.3 Å². The topological polar surface area (TPSA) is 165 Å². The fraction of sp³-hybridized carbons (Fsp3) is 0.385. The van der Waals surface area contributed by atoms with E-state index in [1.165, 1.54) is 24.1 Å². The van der Waals surface area contributed by atoms with Crippen LogP contribution in [-0.2, 0) is 19.1 Å². The van der Waals surface area contributed by atoms with Crippen molar-refractivity contribution in [1.29, 1.82) is 0 Å². The molecule has 2 aliphatic heterocycles. The minimum atomic E-state index is -0.794. The van der Waals surface area contributed by atoms with Crippen LogP contribution < -0.4 is 20.9 Å². The van der Waals surface area contributed by atoms with Crippen molar-refractivity contribution in [2.45, 2.75) is 19.1 Å². The Bertz CT molecular complexity index is 1440. The van der Waals surface area contributed by atoms with Crippen molar-refractivity contribution in [3.8, 4) is 0 Å². The summed E-state index contributed by atoms with van der Waals surface area (Å²) in [5, 5.41) is 2.59. The highest BCUT2D eigenvalue weighted by Crippen LogP contribution is 2.28. The summed E-state index contributed by atoms with van der Waals surface area (Å²) in [6.07, 6.45) is 4.96. The molecule has 216 valence electrons. The van der Waals surface area contributed by atoms with Crippen LogP contribution in [0.25, 0.3) is 5.65 Å². The number of nitrogens with zero attached hydrogens (tertiary/aromatic N) is 6. The molecule has 2 saturated heterocycles. The molecule has 1 aromatic carbocycles. The van der Waals surface area contributed by atoms with Gasteiger partial charge in [-0.05, 0) is 25.1 Å². The maximum absolute atomic E-state index is 15.1. The third-order valence-corrected chi connectivity index (χ3v) is 6.77. The number of halogens is 1. The van der Waals surface area contributed by atoms with Gasteiger partial charge in [0.05, 0.1) is 30.7 Å². The van der Waals surface area contributed by atoms with Gasteiger partial charge >= 0.3 is 12.1 Å². The Labute approximate surface area is 233 Å². The molecule has 3 aromatic rings. The summed E-state index contributed by atoms with van der Waals surface area (Å²) >= 11 is 0. The summed E-state index contributed by atoms with van der Waals surface area (Å²) in [6, 6.07) is 3.63. The van der Waals surface area contributed by atoms with Gasteiger partial charge in [0.1, 0.15) is 24.2 Å². The summed E-state index contributed by atoms with van der Waals surface area (Å²) in [5.74, 6) is -1.87. The fourth-order valence-corrected chi connectivity index (χ4v) is 4.55. The molecule has 14 nitrogen and oxygen atoms in total. The Morgan fingerprint density at radius 3 is 2.73 bits per heavy atom. The van der Waals surface area contributed by atoms with E-state index in [-0.39, 0.29) is 31.3 Å². The summed E-state index contributed by atoms with van der Waals surface area (Å²) in [7, 11) is 0. The molecule has 0 bridgehead atoms. The third kappa shape index (κ3) is 6.19. The molecule has 0 aliphatic carbocycles. The number of piperazine rings is 1. The van der Waals surface area contributed by atoms with E-state index >= 15 is 4.39 Å². The predicted octanol–water partition coefficient (Wildman–Crippen LogP) is 0.163. The maximum atomic E-state index is 15.1. The average molecular weight is 569 g/mol. The molecule has 3 amide bonds. The second-order valence-electron chi connectivity index (χ2n) is 9.69. The number of hydrogen-bond acceptors (Lipinski definition) is 10. The van der Waals surface area contributed by atoms with Crippen molar-refractivity contribution in [1.82, 2.24) is 24.6 Å². The number of esters is 1. The van der Waals surface area contributed by atoms with Crippen LogP contribution in [0.2, 0.25) is 0 Å². The molecule has 2 fully saturated rings. The molecule has 0 spiro atoms. The first-order valence-corrected chi connectivity index (χ1v) is 13.0. The van der Waals surface area contributed by atoms with E-state index in [9.17, 15) is 19.2 Å². The lowest BCUT2D eigenvalue weighted by Crippen LogP contribution is -2.51. The zero-order chi connectivity index (χ0) is 29.1. The molecule has 15 heteroatoms. The van der Waals surface area contributed by atoms with Crippen LogP contribution in [0.4, 0.5) is 20.6 Å². The lowest BCUT2D eigenvalue weighted by atomic mass is 10.2. The van der Waals surface area contributed by atoms with Crippen molar-refractivity contribution in [2.24, 2.45) is 5.73 Å². The van der Waals surface area contributed by atoms with Crippen molar-refractivity contribution >= 4 is 40.9 Å². The molecule has 2 aliphatic rings. The SMILES string of the molecule is CC(N)C(=O)OCC1CN(c2ccc(N3CCN(C(=O)CNC(=O)c4cn5ccncc5n4)CC3)c(F)c2)C(=O)O1. The first kappa shape index (κ1) is 27.8. The van der Waals surface area contributed by atoms with Crippen molar-refractivity contribution < 1.29 is 33.0 Å². The van der Waals surface area contributed by atoms with Gasteiger partial charge in [-0.3, -0.25) is 24.3 Å². The van der Waals surface area contributed by atoms with E-state index in [0.717, 1.165) is 0 Å². The number of anilines is 2. The molecule has 3 N–H and O–H groups in total. The zero-order valence-electron chi connectivity index (χ0n) is 22.2. The third-order valence-electron chi connectivity index (χ3n) is 6.77. The maximum Gasteiger partial charge on any atom is 0.414 e. The number of ether oxygens (including phenoxy) is 2. The van der Waals surface area contributed by atoms with Gasteiger partial charge < -0.3 is 34.7 Å². The van der Waals surface area contributed by atoms with Gasteiger partial charge in [-0.15, -0.1) is 0 Å². The van der Waals surface area contributed by atoms with Gasteiger partial charge in [-0.1, -0.05) is 0 Å². The van der Waals surface area contributed by atoms with Crippen LogP contribution in [0, 0.1) is 5.82 Å². The van der Waals surface area contributed by atoms with Crippen molar-refractivity contribution in [2.75, 3.05) is 55.7 Å². The highest BCUT2D eigenvalue weighted by atomic mass is 19.1. The number of cyclic esters (lactones) is 1. The van der Waals surface area contributed by atoms with Gasteiger partial charge in [-0.25, -0.2) is 14.2 Å². The molecule has 2 unspecified atom stereocenters. The summed E-state index contributed by atoms with van der Waals surface area (Å²) in [5.41, 5.74) is 6.80. The molecule has 2 atom stereocenters. The standard InChI is InChI=1S/C26H29FN8O6/c1-16(28)25(38)40-15-18-13-35(26(39)41-18)17-2-3-21(19(27)10-17)32-6-8-33(9-7-32)23(36)12-30-24(37)20-14-34-5-4-29-11-22(34)31-20/h2-5,10-11,14,16,18H,6-9,12-13,15,28H2,1H3,(H,30,37). The highest BCUT2D eigenvalue weighted by Gasteiger charge is 2.34. The number of rotatable bonds is 8. The molecule has 0 saturated carbocycles. The second kappa shape index (κ2) is 11.8. The molecular formula is C26H29FN8O6. The number of aromatic nitrogens is 3. The van der Waals surface area contributed by atoms with E-state index in [0.29, 0.717) is 43.2 Å². The molecule has 4 heterocycles. The Balaban J connectivity index is 1.11. The van der Waals surface area contributed by atoms with Gasteiger partial charge in [0, 0.05) is 44.8 Å². The minimum absolute atomic E-state index is 0.0928. The van der Waals surface area contributed by atoms with Gasteiger partial charge in [0.25, 0.3) is 5.91 Å². The number of fused-ring (bicyclic) bond motifs is 1. The molecule has 2 aromatic heterocycles. The molecule has 41 heavy (non-hydrogen) atoms.